The number of nitrogens with zero attached hydrogens (tertiary/aromatic N) is 3. The molecule has 0 saturated heterocycles. The van der Waals surface area contributed by atoms with Gasteiger partial charge in [0.25, 0.3) is 5.91 Å². The molecule has 2 aromatic heterocycles. The number of aromatic nitrogens is 3. The number of thiazole rings is 1. The Morgan fingerprint density at radius 3 is 2.76 bits per heavy atom. The zero-order valence-corrected chi connectivity index (χ0v) is 16.5. The minimum atomic E-state index is -0.550. The van der Waals surface area contributed by atoms with Gasteiger partial charge in [-0.2, -0.15) is 5.10 Å². The van der Waals surface area contributed by atoms with E-state index < -0.39 is 11.9 Å². The van der Waals surface area contributed by atoms with E-state index in [2.05, 4.69) is 15.4 Å². The highest BCUT2D eigenvalue weighted by atomic mass is 32.1. The molecule has 7 nitrogen and oxygen atoms in total. The molecule has 2 heterocycles. The Bertz CT molecular complexity index is 1150. The van der Waals surface area contributed by atoms with Gasteiger partial charge in [-0.3, -0.25) is 14.8 Å². The fourth-order valence-electron chi connectivity index (χ4n) is 2.78. The third-order valence-electron chi connectivity index (χ3n) is 4.22. The Morgan fingerprint density at radius 2 is 2.00 bits per heavy atom. The lowest BCUT2D eigenvalue weighted by Crippen LogP contribution is -2.20. The zero-order chi connectivity index (χ0) is 20.2. The Kier molecular flexibility index (Phi) is 5.35. The van der Waals surface area contributed by atoms with Crippen LogP contribution in [0.4, 0.5) is 5.13 Å². The highest BCUT2D eigenvalue weighted by Crippen LogP contribution is 2.26. The van der Waals surface area contributed by atoms with Crippen LogP contribution in [0.3, 0.4) is 0 Å². The van der Waals surface area contributed by atoms with Crippen molar-refractivity contribution in [1.82, 2.24) is 14.8 Å². The van der Waals surface area contributed by atoms with Gasteiger partial charge in [0.1, 0.15) is 0 Å². The van der Waals surface area contributed by atoms with Crippen molar-refractivity contribution in [3.05, 3.63) is 77.6 Å². The Balaban J connectivity index is 1.30. The standard InChI is InChI=1S/C21H18N4O3S/c1-14-3-8-17-18(11-14)29-21(23-17)24-19(26)13-28-20(27)16-6-4-15(5-7-16)12-25-10-2-9-22-25/h2-11H,12-13H2,1H3,(H,23,24,26). The first-order chi connectivity index (χ1) is 14.1. The molecule has 0 unspecified atom stereocenters. The van der Waals surface area contributed by atoms with Crippen molar-refractivity contribution in [3.8, 4) is 0 Å². The molecule has 0 bridgehead atoms. The fourth-order valence-corrected chi connectivity index (χ4v) is 3.76. The first-order valence-electron chi connectivity index (χ1n) is 8.97. The molecule has 29 heavy (non-hydrogen) atoms. The molecule has 8 heteroatoms. The van der Waals surface area contributed by atoms with Crippen LogP contribution >= 0.6 is 11.3 Å². The number of ether oxygens (including phenoxy) is 1. The van der Waals surface area contributed by atoms with Gasteiger partial charge in [-0.1, -0.05) is 29.5 Å². The number of benzene rings is 2. The molecule has 0 aliphatic carbocycles. The summed E-state index contributed by atoms with van der Waals surface area (Å²) in [5, 5.41) is 7.30. The second-order valence-corrected chi connectivity index (χ2v) is 7.55. The molecule has 4 rings (SSSR count). The van der Waals surface area contributed by atoms with Crippen LogP contribution in [0.5, 0.6) is 0 Å². The average Bonchev–Trinajstić information content (AvgIpc) is 3.35. The largest absolute Gasteiger partial charge is 0.452 e. The third kappa shape index (κ3) is 4.67. The lowest BCUT2D eigenvalue weighted by atomic mass is 10.1. The van der Waals surface area contributed by atoms with Gasteiger partial charge in [-0.25, -0.2) is 9.78 Å². The number of amides is 1. The number of rotatable bonds is 6. The van der Waals surface area contributed by atoms with E-state index in [0.717, 1.165) is 21.3 Å². The van der Waals surface area contributed by atoms with E-state index >= 15 is 0 Å². The molecular formula is C21H18N4O3S. The second-order valence-electron chi connectivity index (χ2n) is 6.52. The Labute approximate surface area is 171 Å². The fraction of sp³-hybridized carbons (Fsp3) is 0.143. The van der Waals surface area contributed by atoms with E-state index in [0.29, 0.717) is 17.2 Å². The molecule has 2 aromatic carbocycles. The number of aryl methyl sites for hydroxylation is 1. The van der Waals surface area contributed by atoms with Gasteiger partial charge in [0, 0.05) is 12.4 Å². The average molecular weight is 406 g/mol. The highest BCUT2D eigenvalue weighted by molar-refractivity contribution is 7.22. The number of hydrogen-bond acceptors (Lipinski definition) is 6. The number of nitrogens with one attached hydrogen (secondary N) is 1. The Hall–Kier alpha value is -3.52. The molecular weight excluding hydrogens is 388 g/mol. The van der Waals surface area contributed by atoms with Crippen LogP contribution in [-0.2, 0) is 16.1 Å². The van der Waals surface area contributed by atoms with Crippen molar-refractivity contribution < 1.29 is 14.3 Å². The summed E-state index contributed by atoms with van der Waals surface area (Å²) in [6.45, 7) is 2.25. The summed E-state index contributed by atoms with van der Waals surface area (Å²) in [4.78, 5) is 28.6. The van der Waals surface area contributed by atoms with Crippen molar-refractivity contribution in [3.63, 3.8) is 0 Å². The Morgan fingerprint density at radius 1 is 1.17 bits per heavy atom. The maximum atomic E-state index is 12.2. The van der Waals surface area contributed by atoms with Gasteiger partial charge >= 0.3 is 5.97 Å². The number of anilines is 1. The van der Waals surface area contributed by atoms with Crippen LogP contribution < -0.4 is 5.32 Å². The van der Waals surface area contributed by atoms with Crippen molar-refractivity contribution in [1.29, 1.82) is 0 Å². The summed E-state index contributed by atoms with van der Waals surface area (Å²) in [7, 11) is 0. The monoisotopic (exact) mass is 406 g/mol. The van der Waals surface area contributed by atoms with E-state index in [4.69, 9.17) is 4.74 Å². The smallest absolute Gasteiger partial charge is 0.338 e. The van der Waals surface area contributed by atoms with Gasteiger partial charge in [-0.05, 0) is 48.4 Å². The van der Waals surface area contributed by atoms with Gasteiger partial charge < -0.3 is 4.74 Å². The minimum absolute atomic E-state index is 0.372. The first kappa shape index (κ1) is 18.8. The summed E-state index contributed by atoms with van der Waals surface area (Å²) < 4.78 is 7.90. The van der Waals surface area contributed by atoms with Crippen LogP contribution in [0.1, 0.15) is 21.5 Å². The van der Waals surface area contributed by atoms with Crippen LogP contribution in [0, 0.1) is 6.92 Å². The molecule has 1 N–H and O–H groups in total. The van der Waals surface area contributed by atoms with E-state index in [1.807, 2.05) is 49.5 Å². The van der Waals surface area contributed by atoms with E-state index in [1.54, 1.807) is 23.0 Å². The minimum Gasteiger partial charge on any atom is -0.452 e. The van der Waals surface area contributed by atoms with Crippen molar-refractivity contribution in [2.24, 2.45) is 0 Å². The molecule has 0 aliphatic heterocycles. The van der Waals surface area contributed by atoms with Gasteiger partial charge in [-0.15, -0.1) is 0 Å². The van der Waals surface area contributed by atoms with Gasteiger partial charge in [0.2, 0.25) is 0 Å². The highest BCUT2D eigenvalue weighted by Gasteiger charge is 2.12. The molecule has 0 saturated carbocycles. The summed E-state index contributed by atoms with van der Waals surface area (Å²) in [5.74, 6) is -0.977. The SMILES string of the molecule is Cc1ccc2nc(NC(=O)COC(=O)c3ccc(Cn4cccn4)cc3)sc2c1. The number of esters is 1. The molecule has 4 aromatic rings. The van der Waals surface area contributed by atoms with Crippen LogP contribution in [0.25, 0.3) is 10.2 Å². The van der Waals surface area contributed by atoms with Crippen molar-refractivity contribution in [2.75, 3.05) is 11.9 Å². The summed E-state index contributed by atoms with van der Waals surface area (Å²) in [6, 6.07) is 14.8. The molecule has 1 amide bonds. The van der Waals surface area contributed by atoms with Gasteiger partial charge in [0.15, 0.2) is 11.7 Å². The zero-order valence-electron chi connectivity index (χ0n) is 15.7. The number of hydrogen-bond donors (Lipinski definition) is 1. The van der Waals surface area contributed by atoms with Crippen LogP contribution in [0.2, 0.25) is 0 Å². The van der Waals surface area contributed by atoms with E-state index in [9.17, 15) is 9.59 Å². The molecule has 0 spiro atoms. The second kappa shape index (κ2) is 8.24. The molecule has 0 atom stereocenters. The number of carbonyl (C=O) groups is 2. The number of fused-ring (bicyclic) bond motifs is 1. The summed E-state index contributed by atoms with van der Waals surface area (Å²) in [6.07, 6.45) is 3.58. The maximum absolute atomic E-state index is 12.2. The van der Waals surface area contributed by atoms with Crippen molar-refractivity contribution in [2.45, 2.75) is 13.5 Å². The van der Waals surface area contributed by atoms with E-state index in [-0.39, 0.29) is 6.61 Å². The third-order valence-corrected chi connectivity index (χ3v) is 5.15. The van der Waals surface area contributed by atoms with Crippen LogP contribution in [-0.4, -0.2) is 33.2 Å². The predicted molar refractivity (Wildman–Crippen MR) is 111 cm³/mol. The predicted octanol–water partition coefficient (Wildman–Crippen LogP) is 3.65. The molecule has 146 valence electrons. The maximum Gasteiger partial charge on any atom is 0.338 e. The lowest BCUT2D eigenvalue weighted by molar-refractivity contribution is -0.119. The molecule has 0 fully saturated rings. The summed E-state index contributed by atoms with van der Waals surface area (Å²) >= 11 is 1.38. The first-order valence-corrected chi connectivity index (χ1v) is 9.79. The molecule has 0 radical (unpaired) electrons. The van der Waals surface area contributed by atoms with Crippen molar-refractivity contribution >= 4 is 38.6 Å². The normalized spacial score (nSPS) is 10.8. The summed E-state index contributed by atoms with van der Waals surface area (Å²) in [5.41, 5.74) is 3.35. The lowest BCUT2D eigenvalue weighted by Gasteiger charge is -2.06. The number of carbonyl (C=O) groups excluding carboxylic acids is 2. The quantitative estimate of drug-likeness (QED) is 0.494. The van der Waals surface area contributed by atoms with E-state index in [1.165, 1.54) is 11.3 Å². The molecule has 0 aliphatic rings. The topological polar surface area (TPSA) is 86.1 Å². The van der Waals surface area contributed by atoms with Gasteiger partial charge in [0.05, 0.1) is 22.3 Å². The van der Waals surface area contributed by atoms with Crippen LogP contribution in [0.15, 0.2) is 60.9 Å².